The summed E-state index contributed by atoms with van der Waals surface area (Å²) in [6.45, 7) is 2.06. The first kappa shape index (κ1) is 8.04. The van der Waals surface area contributed by atoms with Gasteiger partial charge >= 0.3 is 5.97 Å². The second-order valence-corrected chi connectivity index (χ2v) is 4.46. The van der Waals surface area contributed by atoms with Gasteiger partial charge in [0.05, 0.1) is 5.92 Å². The average Bonchev–Trinajstić information content (AvgIpc) is 2.73. The molecule has 0 aliphatic heterocycles. The molecule has 0 saturated heterocycles. The lowest BCUT2D eigenvalue weighted by Gasteiger charge is -2.05. The Morgan fingerprint density at radius 2 is 2.29 bits per heavy atom. The average molecular weight is 188 g/mol. The molecular weight excluding hydrogens is 176 g/mol. The number of aryl methyl sites for hydroxylation is 1. The molecule has 0 amide bonds. The first-order chi connectivity index (χ1) is 6.68. The Morgan fingerprint density at radius 3 is 3.00 bits per heavy atom. The number of carbonyl (C=O) groups is 1. The minimum absolute atomic E-state index is 0.0932. The van der Waals surface area contributed by atoms with E-state index in [0.717, 1.165) is 6.42 Å². The molecule has 1 N–H and O–H groups in total. The summed E-state index contributed by atoms with van der Waals surface area (Å²) in [6.07, 6.45) is 0.969. The highest BCUT2D eigenvalue weighted by Gasteiger charge is 2.59. The zero-order valence-corrected chi connectivity index (χ0v) is 8.03. The minimum atomic E-state index is -0.618. The van der Waals surface area contributed by atoms with Crippen LogP contribution in [0.4, 0.5) is 0 Å². The maximum Gasteiger partial charge on any atom is 0.307 e. The Hall–Kier alpha value is -1.31. The van der Waals surface area contributed by atoms with Gasteiger partial charge in [-0.05, 0) is 30.4 Å². The van der Waals surface area contributed by atoms with Gasteiger partial charge in [0.25, 0.3) is 0 Å². The van der Waals surface area contributed by atoms with Crippen molar-refractivity contribution in [1.82, 2.24) is 0 Å². The van der Waals surface area contributed by atoms with Crippen LogP contribution in [-0.4, -0.2) is 11.1 Å². The molecule has 0 heterocycles. The van der Waals surface area contributed by atoms with Gasteiger partial charge in [-0.15, -0.1) is 0 Å². The largest absolute Gasteiger partial charge is 0.481 e. The monoisotopic (exact) mass is 188 g/mol. The molecule has 0 unspecified atom stereocenters. The Bertz CT molecular complexity index is 422. The summed E-state index contributed by atoms with van der Waals surface area (Å²) < 4.78 is 0. The van der Waals surface area contributed by atoms with Crippen molar-refractivity contribution in [3.05, 3.63) is 34.9 Å². The molecule has 1 saturated carbocycles. The maximum absolute atomic E-state index is 10.9. The van der Waals surface area contributed by atoms with E-state index < -0.39 is 5.97 Å². The molecule has 2 aliphatic rings. The minimum Gasteiger partial charge on any atom is -0.481 e. The SMILES string of the molecule is Cc1ccc2c(c1)[C@@H]1[C@@H](C2)[C@@H]1C(=O)O. The Morgan fingerprint density at radius 1 is 1.50 bits per heavy atom. The zero-order chi connectivity index (χ0) is 9.87. The van der Waals surface area contributed by atoms with Gasteiger partial charge in [0.2, 0.25) is 0 Å². The van der Waals surface area contributed by atoms with Gasteiger partial charge in [-0.3, -0.25) is 4.79 Å². The smallest absolute Gasteiger partial charge is 0.307 e. The van der Waals surface area contributed by atoms with Crippen LogP contribution in [0.1, 0.15) is 22.6 Å². The molecule has 1 aromatic carbocycles. The fourth-order valence-electron chi connectivity index (χ4n) is 2.85. The molecule has 2 nitrogen and oxygen atoms in total. The number of hydrogen-bond acceptors (Lipinski definition) is 1. The van der Waals surface area contributed by atoms with E-state index >= 15 is 0 Å². The quantitative estimate of drug-likeness (QED) is 0.731. The molecule has 14 heavy (non-hydrogen) atoms. The number of carboxylic acid groups (broad SMARTS) is 1. The van der Waals surface area contributed by atoms with Crippen LogP contribution in [0.15, 0.2) is 18.2 Å². The van der Waals surface area contributed by atoms with Crippen molar-refractivity contribution in [1.29, 1.82) is 0 Å². The highest BCUT2D eigenvalue weighted by molar-refractivity contribution is 5.77. The van der Waals surface area contributed by atoms with Gasteiger partial charge in [0.15, 0.2) is 0 Å². The van der Waals surface area contributed by atoms with Gasteiger partial charge < -0.3 is 5.11 Å². The van der Waals surface area contributed by atoms with Crippen LogP contribution in [0.2, 0.25) is 0 Å². The van der Waals surface area contributed by atoms with Crippen molar-refractivity contribution in [2.24, 2.45) is 11.8 Å². The standard InChI is InChI=1S/C12H12O2/c1-6-2-3-7-5-9-10(8(7)4-6)11(9)12(13)14/h2-4,9-11H,5H2,1H3,(H,13,14)/t9-,10-,11+/m1/s1. The first-order valence-electron chi connectivity index (χ1n) is 5.00. The number of aliphatic carboxylic acids is 1. The highest BCUT2D eigenvalue weighted by atomic mass is 16.4. The zero-order valence-electron chi connectivity index (χ0n) is 8.03. The normalized spacial score (nSPS) is 32.2. The van der Waals surface area contributed by atoms with E-state index in [1.807, 2.05) is 0 Å². The third-order valence-electron chi connectivity index (χ3n) is 3.57. The van der Waals surface area contributed by atoms with Crippen molar-refractivity contribution >= 4 is 5.97 Å². The fourth-order valence-corrected chi connectivity index (χ4v) is 2.85. The summed E-state index contributed by atoms with van der Waals surface area (Å²) in [7, 11) is 0. The molecule has 2 heteroatoms. The lowest BCUT2D eigenvalue weighted by atomic mass is 10.0. The Labute approximate surface area is 82.6 Å². The third kappa shape index (κ3) is 0.884. The van der Waals surface area contributed by atoms with Crippen LogP contribution in [-0.2, 0) is 11.2 Å². The molecule has 1 aromatic rings. The third-order valence-corrected chi connectivity index (χ3v) is 3.57. The number of fused-ring (bicyclic) bond motifs is 3. The van der Waals surface area contributed by atoms with Crippen molar-refractivity contribution in [2.75, 3.05) is 0 Å². The number of rotatable bonds is 1. The molecule has 3 rings (SSSR count). The van der Waals surface area contributed by atoms with Gasteiger partial charge in [-0.2, -0.15) is 0 Å². The van der Waals surface area contributed by atoms with Gasteiger partial charge in [-0.1, -0.05) is 23.8 Å². The number of carboxylic acids is 1. The molecule has 3 atom stereocenters. The molecule has 0 spiro atoms. The Kier molecular flexibility index (Phi) is 1.37. The lowest BCUT2D eigenvalue weighted by molar-refractivity contribution is -0.139. The van der Waals surface area contributed by atoms with E-state index in [4.69, 9.17) is 5.11 Å². The second kappa shape index (κ2) is 2.38. The number of benzene rings is 1. The van der Waals surface area contributed by atoms with Crippen molar-refractivity contribution in [3.8, 4) is 0 Å². The second-order valence-electron chi connectivity index (χ2n) is 4.46. The van der Waals surface area contributed by atoms with E-state index in [2.05, 4.69) is 25.1 Å². The van der Waals surface area contributed by atoms with E-state index in [1.54, 1.807) is 0 Å². The topological polar surface area (TPSA) is 37.3 Å². The van der Waals surface area contributed by atoms with Gasteiger partial charge in [-0.25, -0.2) is 0 Å². The molecule has 2 aliphatic carbocycles. The molecule has 0 radical (unpaired) electrons. The van der Waals surface area contributed by atoms with Crippen LogP contribution in [0.5, 0.6) is 0 Å². The van der Waals surface area contributed by atoms with E-state index in [-0.39, 0.29) is 5.92 Å². The summed E-state index contributed by atoms with van der Waals surface area (Å²) in [5.41, 5.74) is 3.89. The van der Waals surface area contributed by atoms with Crippen LogP contribution in [0.3, 0.4) is 0 Å². The van der Waals surface area contributed by atoms with E-state index in [1.165, 1.54) is 16.7 Å². The number of hydrogen-bond donors (Lipinski definition) is 1. The van der Waals surface area contributed by atoms with Crippen LogP contribution >= 0.6 is 0 Å². The molecule has 0 bridgehead atoms. The van der Waals surface area contributed by atoms with Gasteiger partial charge in [0.1, 0.15) is 0 Å². The Balaban J connectivity index is 2.01. The van der Waals surface area contributed by atoms with E-state index in [9.17, 15) is 4.79 Å². The summed E-state index contributed by atoms with van der Waals surface area (Å²) in [6, 6.07) is 6.41. The van der Waals surface area contributed by atoms with Crippen LogP contribution < -0.4 is 0 Å². The predicted molar refractivity (Wildman–Crippen MR) is 52.2 cm³/mol. The van der Waals surface area contributed by atoms with Crippen LogP contribution in [0, 0.1) is 18.8 Å². The summed E-state index contributed by atoms with van der Waals surface area (Å²) >= 11 is 0. The van der Waals surface area contributed by atoms with Crippen molar-refractivity contribution in [3.63, 3.8) is 0 Å². The molecule has 0 aromatic heterocycles. The maximum atomic E-state index is 10.9. The van der Waals surface area contributed by atoms with E-state index in [0.29, 0.717) is 11.8 Å². The summed E-state index contributed by atoms with van der Waals surface area (Å²) in [4.78, 5) is 10.9. The fraction of sp³-hybridized carbons (Fsp3) is 0.417. The van der Waals surface area contributed by atoms with Crippen LogP contribution in [0.25, 0.3) is 0 Å². The highest BCUT2D eigenvalue weighted by Crippen LogP contribution is 2.61. The van der Waals surface area contributed by atoms with Crippen molar-refractivity contribution in [2.45, 2.75) is 19.3 Å². The lowest BCUT2D eigenvalue weighted by Crippen LogP contribution is -2.05. The molecular formula is C12H12O2. The predicted octanol–water partition coefficient (Wildman–Crippen LogP) is 1.97. The summed E-state index contributed by atoms with van der Waals surface area (Å²) in [5.74, 6) is 0.00292. The van der Waals surface area contributed by atoms with Gasteiger partial charge in [0, 0.05) is 5.92 Å². The molecule has 72 valence electrons. The van der Waals surface area contributed by atoms with Crippen molar-refractivity contribution < 1.29 is 9.90 Å². The summed E-state index contributed by atoms with van der Waals surface area (Å²) in [5, 5.41) is 8.95. The molecule has 1 fully saturated rings. The first-order valence-corrected chi connectivity index (χ1v) is 5.00.